The first-order valence-corrected chi connectivity index (χ1v) is 9.28. The molecule has 1 aromatic carbocycles. The molecule has 1 fully saturated rings. The summed E-state index contributed by atoms with van der Waals surface area (Å²) in [6, 6.07) is 8.36. The van der Waals surface area contributed by atoms with Crippen molar-refractivity contribution in [1.82, 2.24) is 9.88 Å². The monoisotopic (exact) mass is 358 g/mol. The minimum atomic E-state index is -0.341. The average Bonchev–Trinajstić information content (AvgIpc) is 3.14. The number of aromatic nitrogens is 1. The second-order valence-electron chi connectivity index (χ2n) is 6.69. The van der Waals surface area contributed by atoms with Crippen LogP contribution < -0.4 is 0 Å². The van der Waals surface area contributed by atoms with Crippen LogP contribution in [-0.2, 0) is 20.7 Å². The van der Waals surface area contributed by atoms with E-state index in [9.17, 15) is 9.59 Å². The molecule has 132 valence electrons. The van der Waals surface area contributed by atoms with Gasteiger partial charge in [-0.25, -0.2) is 4.98 Å². The van der Waals surface area contributed by atoms with Gasteiger partial charge in [-0.15, -0.1) is 11.3 Å². The molecule has 1 atom stereocenters. The molecule has 1 amide bonds. The molecule has 0 N–H and O–H groups in total. The van der Waals surface area contributed by atoms with Crippen LogP contribution in [0.15, 0.2) is 29.6 Å². The van der Waals surface area contributed by atoms with Crippen LogP contribution in [-0.4, -0.2) is 41.5 Å². The maximum absolute atomic E-state index is 12.1. The van der Waals surface area contributed by atoms with Crippen LogP contribution in [0.4, 0.5) is 0 Å². The van der Waals surface area contributed by atoms with Crippen molar-refractivity contribution < 1.29 is 14.3 Å². The highest BCUT2D eigenvalue weighted by Gasteiger charge is 2.29. The van der Waals surface area contributed by atoms with Gasteiger partial charge in [0.1, 0.15) is 11.1 Å². The zero-order valence-electron chi connectivity index (χ0n) is 14.7. The van der Waals surface area contributed by atoms with Gasteiger partial charge in [-0.05, 0) is 11.5 Å². The molecule has 0 saturated carbocycles. The topological polar surface area (TPSA) is 59.5 Å². The fraction of sp³-hybridized carbons (Fsp3) is 0.421. The predicted molar refractivity (Wildman–Crippen MR) is 97.5 cm³/mol. The zero-order chi connectivity index (χ0) is 18.0. The second kappa shape index (κ2) is 7.35. The van der Waals surface area contributed by atoms with Gasteiger partial charge in [0.15, 0.2) is 0 Å². The number of amides is 1. The van der Waals surface area contributed by atoms with E-state index in [2.05, 4.69) is 43.1 Å². The lowest BCUT2D eigenvalue weighted by molar-refractivity contribution is -0.147. The number of carbonyl (C=O) groups is 2. The maximum atomic E-state index is 12.1. The number of benzene rings is 1. The first-order chi connectivity index (χ1) is 11.9. The molecule has 1 aliphatic heterocycles. The third kappa shape index (κ3) is 4.25. The number of thiazole rings is 1. The molecule has 0 radical (unpaired) electrons. The minimum absolute atomic E-state index is 0.0126. The van der Waals surface area contributed by atoms with Gasteiger partial charge in [0.25, 0.3) is 0 Å². The van der Waals surface area contributed by atoms with Crippen molar-refractivity contribution in [2.75, 3.05) is 13.6 Å². The summed E-state index contributed by atoms with van der Waals surface area (Å²) >= 11 is 1.52. The molecule has 6 heteroatoms. The number of likely N-dealkylation sites (N-methyl/N-ethyl adjacent to an activating group) is 1. The van der Waals surface area contributed by atoms with Gasteiger partial charge in [0, 0.05) is 18.0 Å². The van der Waals surface area contributed by atoms with Crippen molar-refractivity contribution in [1.29, 1.82) is 0 Å². The van der Waals surface area contributed by atoms with Crippen molar-refractivity contribution in [3.63, 3.8) is 0 Å². The quantitative estimate of drug-likeness (QED) is 0.770. The van der Waals surface area contributed by atoms with Crippen LogP contribution in [0.2, 0.25) is 0 Å². The summed E-state index contributed by atoms with van der Waals surface area (Å²) in [4.78, 5) is 29.7. The molecule has 3 rings (SSSR count). The Morgan fingerprint density at radius 1 is 1.36 bits per heavy atom. The molecule has 1 aromatic heterocycles. The summed E-state index contributed by atoms with van der Waals surface area (Å²) in [5.41, 5.74) is 3.05. The Hall–Kier alpha value is -2.21. The number of rotatable bonds is 5. The van der Waals surface area contributed by atoms with Crippen LogP contribution in [0.3, 0.4) is 0 Å². The molecule has 0 bridgehead atoms. The summed E-state index contributed by atoms with van der Waals surface area (Å²) in [7, 11) is 1.72. The third-order valence-corrected chi connectivity index (χ3v) is 5.25. The Labute approximate surface area is 151 Å². The van der Waals surface area contributed by atoms with Crippen LogP contribution in [0.1, 0.15) is 37.4 Å². The molecule has 2 heterocycles. The number of hydrogen-bond acceptors (Lipinski definition) is 5. The van der Waals surface area contributed by atoms with Gasteiger partial charge >= 0.3 is 5.97 Å². The smallest absolute Gasteiger partial charge is 0.312 e. The van der Waals surface area contributed by atoms with Crippen molar-refractivity contribution in [3.8, 4) is 10.6 Å². The summed E-state index contributed by atoms with van der Waals surface area (Å²) in [6.07, 6.45) is 0.0635. The third-order valence-electron chi connectivity index (χ3n) is 4.31. The van der Waals surface area contributed by atoms with Gasteiger partial charge in [-0.1, -0.05) is 38.1 Å². The first-order valence-electron chi connectivity index (χ1n) is 8.40. The largest absolute Gasteiger partial charge is 0.460 e. The Kier molecular flexibility index (Phi) is 5.18. The van der Waals surface area contributed by atoms with Crippen molar-refractivity contribution >= 4 is 23.2 Å². The number of nitrogens with zero attached hydrogens (tertiary/aromatic N) is 2. The molecule has 0 unspecified atom stereocenters. The molecule has 0 spiro atoms. The molecule has 1 saturated heterocycles. The lowest BCUT2D eigenvalue weighted by Crippen LogP contribution is -2.23. The number of ether oxygens (including phenoxy) is 1. The molecular formula is C19H22N2O3S. The summed E-state index contributed by atoms with van der Waals surface area (Å²) in [5.74, 6) is 0.177. The van der Waals surface area contributed by atoms with Crippen molar-refractivity contribution in [2.24, 2.45) is 0 Å². The zero-order valence-corrected chi connectivity index (χ0v) is 15.5. The van der Waals surface area contributed by atoms with E-state index in [-0.39, 0.29) is 30.8 Å². The highest BCUT2D eigenvalue weighted by molar-refractivity contribution is 7.13. The molecule has 0 aliphatic carbocycles. The fourth-order valence-corrected chi connectivity index (χ4v) is 3.63. The van der Waals surface area contributed by atoms with Gasteiger partial charge in [-0.2, -0.15) is 0 Å². The maximum Gasteiger partial charge on any atom is 0.312 e. The predicted octanol–water partition coefficient (Wildman–Crippen LogP) is 3.25. The molecule has 1 aliphatic rings. The molecule has 25 heavy (non-hydrogen) atoms. The Morgan fingerprint density at radius 2 is 2.08 bits per heavy atom. The lowest BCUT2D eigenvalue weighted by atomic mass is 10.0. The Bertz CT molecular complexity index is 767. The van der Waals surface area contributed by atoms with Gasteiger partial charge in [0.2, 0.25) is 5.91 Å². The van der Waals surface area contributed by atoms with Gasteiger partial charge < -0.3 is 9.64 Å². The number of hydrogen-bond donors (Lipinski definition) is 0. The SMILES string of the molecule is CC(C)c1ccc(-c2nc(CC(=O)O[C@H]3CC(=O)N(C)C3)cs2)cc1. The van der Waals surface area contributed by atoms with E-state index < -0.39 is 0 Å². The minimum Gasteiger partial charge on any atom is -0.460 e. The Balaban J connectivity index is 1.59. The van der Waals surface area contributed by atoms with E-state index in [1.54, 1.807) is 11.9 Å². The average molecular weight is 358 g/mol. The summed E-state index contributed by atoms with van der Waals surface area (Å²) in [5, 5.41) is 2.78. The van der Waals surface area contributed by atoms with Gasteiger partial charge in [0.05, 0.1) is 25.1 Å². The van der Waals surface area contributed by atoms with Gasteiger partial charge in [-0.3, -0.25) is 9.59 Å². The standard InChI is InChI=1S/C19H22N2O3S/c1-12(2)13-4-6-14(7-5-13)19-20-15(11-25-19)8-18(23)24-16-9-17(22)21(3)10-16/h4-7,11-12,16H,8-10H2,1-3H3/t16-/m0/s1. The summed E-state index contributed by atoms with van der Waals surface area (Å²) < 4.78 is 5.38. The number of esters is 1. The molecular weight excluding hydrogens is 336 g/mol. The van der Waals surface area contributed by atoms with Crippen LogP contribution in [0.25, 0.3) is 10.6 Å². The fourth-order valence-electron chi connectivity index (χ4n) is 2.81. The highest BCUT2D eigenvalue weighted by atomic mass is 32.1. The van der Waals surface area contributed by atoms with Crippen molar-refractivity contribution in [3.05, 3.63) is 40.9 Å². The molecule has 5 nitrogen and oxygen atoms in total. The second-order valence-corrected chi connectivity index (χ2v) is 7.55. The summed E-state index contributed by atoms with van der Waals surface area (Å²) in [6.45, 7) is 4.80. The van der Waals surface area contributed by atoms with E-state index in [1.165, 1.54) is 16.9 Å². The van der Waals surface area contributed by atoms with E-state index in [0.717, 1.165) is 10.6 Å². The van der Waals surface area contributed by atoms with E-state index in [1.807, 2.05) is 5.38 Å². The van der Waals surface area contributed by atoms with E-state index >= 15 is 0 Å². The van der Waals surface area contributed by atoms with Crippen LogP contribution >= 0.6 is 11.3 Å². The Morgan fingerprint density at radius 3 is 2.68 bits per heavy atom. The molecule has 2 aromatic rings. The highest BCUT2D eigenvalue weighted by Crippen LogP contribution is 2.26. The van der Waals surface area contributed by atoms with Crippen LogP contribution in [0, 0.1) is 0 Å². The number of likely N-dealkylation sites (tertiary alicyclic amines) is 1. The van der Waals surface area contributed by atoms with Crippen LogP contribution in [0.5, 0.6) is 0 Å². The van der Waals surface area contributed by atoms with E-state index in [4.69, 9.17) is 4.74 Å². The lowest BCUT2D eigenvalue weighted by Gasteiger charge is -2.11. The number of carbonyl (C=O) groups excluding carboxylic acids is 2. The normalized spacial score (nSPS) is 17.4. The van der Waals surface area contributed by atoms with Crippen molar-refractivity contribution in [2.45, 2.75) is 38.7 Å². The first kappa shape index (κ1) is 17.6. The van der Waals surface area contributed by atoms with E-state index in [0.29, 0.717) is 18.2 Å².